The Morgan fingerprint density at radius 3 is 2.71 bits per heavy atom. The van der Waals surface area contributed by atoms with Crippen molar-refractivity contribution < 1.29 is 18.7 Å². The second kappa shape index (κ2) is 9.09. The Kier molecular flexibility index (Phi) is 6.33. The molecule has 3 aromatic rings. The van der Waals surface area contributed by atoms with Crippen LogP contribution in [0.2, 0.25) is 0 Å². The van der Waals surface area contributed by atoms with Crippen LogP contribution in [0.1, 0.15) is 15.9 Å². The molecule has 0 aliphatic rings. The molecule has 1 amide bonds. The molecule has 0 radical (unpaired) electrons. The van der Waals surface area contributed by atoms with Crippen molar-refractivity contribution in [3.63, 3.8) is 0 Å². The van der Waals surface area contributed by atoms with Crippen LogP contribution in [-0.4, -0.2) is 44.9 Å². The van der Waals surface area contributed by atoms with Gasteiger partial charge in [-0.05, 0) is 46.3 Å². The van der Waals surface area contributed by atoms with Gasteiger partial charge in [-0.15, -0.1) is 5.10 Å². The van der Waals surface area contributed by atoms with Crippen LogP contribution < -0.4 is 5.32 Å². The Labute approximate surface area is 164 Å². The average molecular weight is 401 g/mol. The number of aromatic nitrogens is 4. The molecule has 28 heavy (non-hydrogen) atoms. The number of esters is 1. The van der Waals surface area contributed by atoms with E-state index in [1.165, 1.54) is 23.9 Å². The van der Waals surface area contributed by atoms with Crippen LogP contribution in [0.4, 0.5) is 4.39 Å². The minimum atomic E-state index is -0.414. The SMILES string of the molecule is COC(=O)c1ccc(CNC(=O)CSc2nnnn2-c2cccc(F)c2)cc1. The number of amides is 1. The number of ether oxygens (including phenoxy) is 1. The summed E-state index contributed by atoms with van der Waals surface area (Å²) in [5.74, 6) is -0.936. The number of thioether (sulfide) groups is 1. The Morgan fingerprint density at radius 2 is 2.00 bits per heavy atom. The van der Waals surface area contributed by atoms with E-state index >= 15 is 0 Å². The smallest absolute Gasteiger partial charge is 0.337 e. The van der Waals surface area contributed by atoms with E-state index in [0.29, 0.717) is 23.0 Å². The fourth-order valence-corrected chi connectivity index (χ4v) is 3.02. The molecular weight excluding hydrogens is 385 g/mol. The highest BCUT2D eigenvalue weighted by molar-refractivity contribution is 7.99. The molecule has 144 valence electrons. The van der Waals surface area contributed by atoms with Gasteiger partial charge < -0.3 is 10.1 Å². The molecule has 1 N–H and O–H groups in total. The summed E-state index contributed by atoms with van der Waals surface area (Å²) in [6.45, 7) is 0.315. The van der Waals surface area contributed by atoms with Crippen molar-refractivity contribution in [1.82, 2.24) is 25.5 Å². The molecule has 0 aliphatic carbocycles. The van der Waals surface area contributed by atoms with Crippen LogP contribution >= 0.6 is 11.8 Å². The highest BCUT2D eigenvalue weighted by atomic mass is 32.2. The molecule has 10 heteroatoms. The first-order chi connectivity index (χ1) is 13.6. The van der Waals surface area contributed by atoms with Gasteiger partial charge in [-0.1, -0.05) is 30.0 Å². The van der Waals surface area contributed by atoms with Gasteiger partial charge in [0, 0.05) is 6.54 Å². The highest BCUT2D eigenvalue weighted by Crippen LogP contribution is 2.18. The van der Waals surface area contributed by atoms with E-state index in [-0.39, 0.29) is 11.7 Å². The molecule has 0 aliphatic heterocycles. The van der Waals surface area contributed by atoms with Crippen LogP contribution in [0.5, 0.6) is 0 Å². The van der Waals surface area contributed by atoms with Crippen molar-refractivity contribution in [2.24, 2.45) is 0 Å². The average Bonchev–Trinajstić information content (AvgIpc) is 3.19. The molecule has 3 rings (SSSR count). The molecule has 8 nitrogen and oxygen atoms in total. The first-order valence-corrected chi connectivity index (χ1v) is 9.16. The summed E-state index contributed by atoms with van der Waals surface area (Å²) < 4.78 is 19.4. The number of hydrogen-bond acceptors (Lipinski definition) is 7. The third kappa shape index (κ3) is 4.92. The fraction of sp³-hybridized carbons (Fsp3) is 0.167. The number of tetrazole rings is 1. The van der Waals surface area contributed by atoms with Gasteiger partial charge in [0.05, 0.1) is 24.1 Å². The van der Waals surface area contributed by atoms with E-state index in [1.807, 2.05) is 0 Å². The number of methoxy groups -OCH3 is 1. The van der Waals surface area contributed by atoms with E-state index in [4.69, 9.17) is 0 Å². The Balaban J connectivity index is 1.53. The summed E-state index contributed by atoms with van der Waals surface area (Å²) in [6, 6.07) is 12.6. The zero-order valence-electron chi connectivity index (χ0n) is 14.8. The van der Waals surface area contributed by atoms with E-state index in [2.05, 4.69) is 25.6 Å². The Bertz CT molecular complexity index is 977. The molecule has 0 bridgehead atoms. The second-order valence-corrected chi connectivity index (χ2v) is 6.55. The minimum absolute atomic E-state index is 0.0932. The van der Waals surface area contributed by atoms with Crippen LogP contribution in [0, 0.1) is 5.82 Å². The van der Waals surface area contributed by atoms with Gasteiger partial charge in [0.15, 0.2) is 0 Å². The Hall–Kier alpha value is -3.27. The normalized spacial score (nSPS) is 10.5. The van der Waals surface area contributed by atoms with Crippen LogP contribution in [0.15, 0.2) is 53.7 Å². The zero-order valence-corrected chi connectivity index (χ0v) is 15.6. The lowest BCUT2D eigenvalue weighted by Crippen LogP contribution is -2.24. The van der Waals surface area contributed by atoms with Gasteiger partial charge >= 0.3 is 5.97 Å². The molecule has 0 spiro atoms. The third-order valence-electron chi connectivity index (χ3n) is 3.69. The number of rotatable bonds is 7. The maximum Gasteiger partial charge on any atom is 0.337 e. The van der Waals surface area contributed by atoms with Crippen molar-refractivity contribution in [1.29, 1.82) is 0 Å². The number of nitrogens with one attached hydrogen (secondary N) is 1. The molecule has 1 aromatic heterocycles. The van der Waals surface area contributed by atoms with Crippen LogP contribution in [0.3, 0.4) is 0 Å². The van der Waals surface area contributed by atoms with E-state index in [0.717, 1.165) is 17.3 Å². The predicted octanol–water partition coefficient (Wildman–Crippen LogP) is 2.00. The topological polar surface area (TPSA) is 99.0 Å². The highest BCUT2D eigenvalue weighted by Gasteiger charge is 2.12. The number of nitrogens with zero attached hydrogens (tertiary/aromatic N) is 4. The minimum Gasteiger partial charge on any atom is -0.465 e. The third-order valence-corrected chi connectivity index (χ3v) is 4.61. The standard InChI is InChI=1S/C18H16FN5O3S/c1-27-17(26)13-7-5-12(6-8-13)10-20-16(25)11-28-18-21-22-23-24(18)15-4-2-3-14(19)9-15/h2-9H,10-11H2,1H3,(H,20,25). The lowest BCUT2D eigenvalue weighted by molar-refractivity contribution is -0.118. The summed E-state index contributed by atoms with van der Waals surface area (Å²) in [5.41, 5.74) is 1.76. The number of benzene rings is 2. The van der Waals surface area contributed by atoms with Crippen molar-refractivity contribution in [2.45, 2.75) is 11.7 Å². The molecule has 2 aromatic carbocycles. The lowest BCUT2D eigenvalue weighted by atomic mass is 10.1. The Morgan fingerprint density at radius 1 is 1.21 bits per heavy atom. The molecule has 0 atom stereocenters. The zero-order chi connectivity index (χ0) is 19.9. The van der Waals surface area contributed by atoms with E-state index < -0.39 is 11.8 Å². The first kappa shape index (κ1) is 19.5. The first-order valence-electron chi connectivity index (χ1n) is 8.18. The molecular formula is C18H16FN5O3S. The van der Waals surface area contributed by atoms with Gasteiger partial charge in [-0.3, -0.25) is 4.79 Å². The van der Waals surface area contributed by atoms with Crippen LogP contribution in [0.25, 0.3) is 5.69 Å². The lowest BCUT2D eigenvalue weighted by Gasteiger charge is -2.07. The van der Waals surface area contributed by atoms with Crippen molar-refractivity contribution >= 4 is 23.6 Å². The van der Waals surface area contributed by atoms with Crippen molar-refractivity contribution in [3.8, 4) is 5.69 Å². The van der Waals surface area contributed by atoms with Crippen molar-refractivity contribution in [2.75, 3.05) is 12.9 Å². The van der Waals surface area contributed by atoms with Gasteiger partial charge in [0.1, 0.15) is 5.82 Å². The molecule has 0 saturated heterocycles. The fourth-order valence-electron chi connectivity index (χ4n) is 2.30. The molecule has 0 fully saturated rings. The van der Waals surface area contributed by atoms with Gasteiger partial charge in [0.2, 0.25) is 11.1 Å². The number of hydrogen-bond donors (Lipinski definition) is 1. The molecule has 1 heterocycles. The van der Waals surface area contributed by atoms with Crippen LogP contribution in [-0.2, 0) is 16.1 Å². The van der Waals surface area contributed by atoms with Gasteiger partial charge in [-0.2, -0.15) is 4.68 Å². The maximum absolute atomic E-state index is 13.4. The van der Waals surface area contributed by atoms with Crippen molar-refractivity contribution in [3.05, 3.63) is 65.5 Å². The number of carbonyl (C=O) groups excluding carboxylic acids is 2. The molecule has 0 saturated carbocycles. The number of halogens is 1. The number of carbonyl (C=O) groups is 2. The largest absolute Gasteiger partial charge is 0.465 e. The van der Waals surface area contributed by atoms with E-state index in [9.17, 15) is 14.0 Å². The maximum atomic E-state index is 13.4. The second-order valence-electron chi connectivity index (χ2n) is 5.61. The van der Waals surface area contributed by atoms with E-state index in [1.54, 1.807) is 36.4 Å². The predicted molar refractivity (Wildman–Crippen MR) is 99.5 cm³/mol. The summed E-state index contributed by atoms with van der Waals surface area (Å²) in [4.78, 5) is 23.5. The van der Waals surface area contributed by atoms with Gasteiger partial charge in [-0.25, -0.2) is 9.18 Å². The quantitative estimate of drug-likeness (QED) is 0.477. The molecule has 0 unspecified atom stereocenters. The summed E-state index contributed by atoms with van der Waals surface area (Å²) in [7, 11) is 1.32. The summed E-state index contributed by atoms with van der Waals surface area (Å²) >= 11 is 1.14. The monoisotopic (exact) mass is 401 g/mol. The summed E-state index contributed by atoms with van der Waals surface area (Å²) in [6.07, 6.45) is 0. The van der Waals surface area contributed by atoms with Gasteiger partial charge in [0.25, 0.3) is 0 Å². The summed E-state index contributed by atoms with van der Waals surface area (Å²) in [5, 5.41) is 14.4.